The lowest BCUT2D eigenvalue weighted by Gasteiger charge is -2.01. The number of carboxylic acid groups (broad SMARTS) is 3. The minimum atomic E-state index is -1.11. The maximum absolute atomic E-state index is 10.1. The molecular weight excluding hydrogens is 248 g/mol. The van der Waals surface area contributed by atoms with Crippen LogP contribution in [0.3, 0.4) is 0 Å². The molecule has 0 bridgehead atoms. The summed E-state index contributed by atoms with van der Waals surface area (Å²) in [6.45, 7) is 2.17. The van der Waals surface area contributed by atoms with Crippen molar-refractivity contribution in [2.45, 2.75) is 32.7 Å². The topological polar surface area (TPSA) is 181 Å². The summed E-state index contributed by atoms with van der Waals surface area (Å²) in [6, 6.07) is -0.979. The van der Waals surface area contributed by atoms with E-state index in [2.05, 4.69) is 0 Å². The number of rotatable bonds is 4. The monoisotopic (exact) mass is 266 g/mol. The minimum absolute atomic E-state index is 0.0213. The first-order chi connectivity index (χ1) is 8.00. The van der Waals surface area contributed by atoms with Gasteiger partial charge in [0.25, 0.3) is 11.9 Å². The number of carbonyl (C=O) groups excluding carboxylic acids is 1. The molecule has 0 saturated heterocycles. The average molecular weight is 266 g/mol. The molecule has 0 aliphatic rings. The van der Waals surface area contributed by atoms with E-state index in [1.807, 2.05) is 0 Å². The number of aliphatic carboxylic acids is 3. The first-order valence-corrected chi connectivity index (χ1v) is 4.66. The molecule has 0 aromatic rings. The molecule has 9 nitrogen and oxygen atoms in total. The van der Waals surface area contributed by atoms with Crippen molar-refractivity contribution >= 4 is 23.8 Å². The van der Waals surface area contributed by atoms with Gasteiger partial charge in [0.05, 0.1) is 0 Å². The molecule has 106 valence electrons. The molecule has 0 saturated carbocycles. The Morgan fingerprint density at radius 3 is 1.44 bits per heavy atom. The third-order valence-electron chi connectivity index (χ3n) is 1.02. The van der Waals surface area contributed by atoms with Crippen LogP contribution in [0.2, 0.25) is 0 Å². The number of carbonyl (C=O) groups is 4. The molecule has 0 aliphatic carbocycles. The summed E-state index contributed by atoms with van der Waals surface area (Å²) in [5, 5.41) is 23.1. The molecule has 9 heteroatoms. The normalized spacial score (nSPS) is 9.72. The highest BCUT2D eigenvalue weighted by molar-refractivity contribution is 5.76. The molecule has 0 aromatic heterocycles. The lowest BCUT2D eigenvalue weighted by Crippen LogP contribution is -2.31. The molecule has 1 atom stereocenters. The quantitative estimate of drug-likeness (QED) is 0.422. The second kappa shape index (κ2) is 12.9. The summed E-state index contributed by atoms with van der Waals surface area (Å²) in [5.74, 6) is -3.31. The van der Waals surface area contributed by atoms with Crippen LogP contribution in [0, 0.1) is 0 Å². The van der Waals surface area contributed by atoms with Crippen LogP contribution in [-0.4, -0.2) is 45.2 Å². The molecule has 0 aliphatic heterocycles. The van der Waals surface area contributed by atoms with E-state index in [9.17, 15) is 9.59 Å². The molecule has 0 aromatic carbocycles. The van der Waals surface area contributed by atoms with Crippen LogP contribution in [-0.2, 0) is 19.2 Å². The fourth-order valence-corrected chi connectivity index (χ4v) is 0.421. The van der Waals surface area contributed by atoms with E-state index in [0.717, 1.165) is 13.8 Å². The van der Waals surface area contributed by atoms with Gasteiger partial charge >= 0.3 is 5.97 Å². The molecule has 0 spiro atoms. The second-order valence-corrected chi connectivity index (χ2v) is 2.99. The lowest BCUT2D eigenvalue weighted by molar-refractivity contribution is -0.139. The highest BCUT2D eigenvalue weighted by Gasteiger charge is 2.11. The van der Waals surface area contributed by atoms with Gasteiger partial charge in [-0.25, -0.2) is 0 Å². The number of amides is 1. The van der Waals surface area contributed by atoms with Gasteiger partial charge in [-0.1, -0.05) is 0 Å². The molecule has 0 rings (SSSR count). The van der Waals surface area contributed by atoms with Gasteiger partial charge in [-0.15, -0.1) is 0 Å². The molecule has 7 N–H and O–H groups in total. The maximum Gasteiger partial charge on any atom is 0.320 e. The van der Waals surface area contributed by atoms with Crippen molar-refractivity contribution in [1.29, 1.82) is 0 Å². The minimum Gasteiger partial charge on any atom is -0.481 e. The van der Waals surface area contributed by atoms with Crippen molar-refractivity contribution in [3.8, 4) is 0 Å². The van der Waals surface area contributed by atoms with Gasteiger partial charge in [0.1, 0.15) is 6.04 Å². The third-order valence-corrected chi connectivity index (χ3v) is 1.02. The fraction of sp³-hybridized carbons (Fsp3) is 0.556. The van der Waals surface area contributed by atoms with Crippen LogP contribution in [0.4, 0.5) is 0 Å². The summed E-state index contributed by atoms with van der Waals surface area (Å²) >= 11 is 0. The Balaban J connectivity index is -0.000000233. The average Bonchev–Trinajstić information content (AvgIpc) is 2.11. The van der Waals surface area contributed by atoms with E-state index in [1.54, 1.807) is 0 Å². The van der Waals surface area contributed by atoms with Crippen molar-refractivity contribution in [3.05, 3.63) is 0 Å². The molecule has 0 radical (unpaired) electrons. The summed E-state index contributed by atoms with van der Waals surface area (Å²) < 4.78 is 0. The molecule has 1 amide bonds. The standard InChI is InChI=1S/C5H10N2O3.2C2H4O2/c6-3(5(9)10)1-2-4(7)8;2*1-2(3)4/h3H,1-2,6H2,(H2,7,8)(H,9,10);2*1H3,(H,3,4). The Hall–Kier alpha value is -2.16. The van der Waals surface area contributed by atoms with Crippen molar-refractivity contribution in [2.75, 3.05) is 0 Å². The van der Waals surface area contributed by atoms with Gasteiger partial charge in [0.2, 0.25) is 5.91 Å². The van der Waals surface area contributed by atoms with Crippen LogP contribution in [0.15, 0.2) is 0 Å². The highest BCUT2D eigenvalue weighted by atomic mass is 16.4. The first-order valence-electron chi connectivity index (χ1n) is 4.66. The Bertz CT molecular complexity index is 271. The van der Waals surface area contributed by atoms with E-state index in [4.69, 9.17) is 36.4 Å². The van der Waals surface area contributed by atoms with Gasteiger partial charge in [-0.05, 0) is 6.42 Å². The number of hydrogen-bond donors (Lipinski definition) is 5. The number of carboxylic acids is 3. The molecule has 0 fully saturated rings. The van der Waals surface area contributed by atoms with Crippen molar-refractivity contribution in [1.82, 2.24) is 0 Å². The van der Waals surface area contributed by atoms with Gasteiger partial charge in [-0.2, -0.15) is 0 Å². The largest absolute Gasteiger partial charge is 0.481 e. The van der Waals surface area contributed by atoms with Gasteiger partial charge < -0.3 is 26.8 Å². The van der Waals surface area contributed by atoms with E-state index >= 15 is 0 Å². The van der Waals surface area contributed by atoms with Gasteiger partial charge in [-0.3, -0.25) is 19.2 Å². The van der Waals surface area contributed by atoms with E-state index in [0.29, 0.717) is 0 Å². The van der Waals surface area contributed by atoms with E-state index < -0.39 is 29.9 Å². The zero-order chi connectivity index (χ0) is 15.3. The fourth-order valence-electron chi connectivity index (χ4n) is 0.421. The molecule has 0 heterocycles. The first kappa shape index (κ1) is 21.2. The Labute approximate surface area is 103 Å². The predicted octanol–water partition coefficient (Wildman–Crippen LogP) is -1.15. The van der Waals surface area contributed by atoms with Crippen molar-refractivity contribution in [2.24, 2.45) is 11.5 Å². The lowest BCUT2D eigenvalue weighted by atomic mass is 10.2. The molecular formula is C9H18N2O7. The Morgan fingerprint density at radius 2 is 1.28 bits per heavy atom. The Morgan fingerprint density at radius 1 is 1.00 bits per heavy atom. The SMILES string of the molecule is CC(=O)O.CC(=O)O.NC(=O)CCC(N)C(=O)O. The number of nitrogens with two attached hydrogens (primary N) is 2. The van der Waals surface area contributed by atoms with Crippen LogP contribution in [0.5, 0.6) is 0 Å². The number of primary amides is 1. The second-order valence-electron chi connectivity index (χ2n) is 2.99. The van der Waals surface area contributed by atoms with Crippen LogP contribution < -0.4 is 11.5 Å². The zero-order valence-corrected chi connectivity index (χ0v) is 10.1. The van der Waals surface area contributed by atoms with Crippen molar-refractivity contribution < 1.29 is 34.5 Å². The number of hydrogen-bond acceptors (Lipinski definition) is 5. The molecule has 18 heavy (non-hydrogen) atoms. The predicted molar refractivity (Wildman–Crippen MR) is 60.7 cm³/mol. The highest BCUT2D eigenvalue weighted by Crippen LogP contribution is 1.92. The van der Waals surface area contributed by atoms with Gasteiger partial charge in [0, 0.05) is 20.3 Å². The summed E-state index contributed by atoms with van der Waals surface area (Å²) in [4.78, 5) is 38.1. The zero-order valence-electron chi connectivity index (χ0n) is 10.1. The molecule has 1 unspecified atom stereocenters. The Kier molecular flexibility index (Phi) is 15.2. The summed E-state index contributed by atoms with van der Waals surface area (Å²) in [6.07, 6.45) is 0.123. The van der Waals surface area contributed by atoms with E-state index in [1.165, 1.54) is 0 Å². The maximum atomic E-state index is 10.1. The third kappa shape index (κ3) is 48.8. The van der Waals surface area contributed by atoms with Crippen LogP contribution >= 0.6 is 0 Å². The summed E-state index contributed by atoms with van der Waals surface area (Å²) in [7, 11) is 0. The van der Waals surface area contributed by atoms with Crippen LogP contribution in [0.25, 0.3) is 0 Å². The summed E-state index contributed by atoms with van der Waals surface area (Å²) in [5.41, 5.74) is 9.81. The van der Waals surface area contributed by atoms with E-state index in [-0.39, 0.29) is 12.8 Å². The van der Waals surface area contributed by atoms with Crippen LogP contribution in [0.1, 0.15) is 26.7 Å². The van der Waals surface area contributed by atoms with Crippen molar-refractivity contribution in [3.63, 3.8) is 0 Å². The smallest absolute Gasteiger partial charge is 0.320 e. The van der Waals surface area contributed by atoms with Gasteiger partial charge in [0.15, 0.2) is 0 Å².